The Hall–Kier alpha value is 1.27. The van der Waals surface area contributed by atoms with Crippen LogP contribution in [0.3, 0.4) is 0 Å². The van der Waals surface area contributed by atoms with E-state index in [4.69, 9.17) is 0 Å². The number of halogens is 2. The van der Waals surface area contributed by atoms with Crippen LogP contribution in [-0.4, -0.2) is 0 Å². The summed E-state index contributed by atoms with van der Waals surface area (Å²) in [6.45, 7) is 0. The van der Waals surface area contributed by atoms with Crippen LogP contribution in [0, 0.1) is 0 Å². The maximum atomic E-state index is 0. The van der Waals surface area contributed by atoms with Gasteiger partial charge in [-0.05, 0) is 0 Å². The third-order valence-corrected chi connectivity index (χ3v) is 0. The maximum absolute atomic E-state index is 0. The molecule has 0 unspecified atom stereocenters. The zero-order valence-electron chi connectivity index (χ0n) is 4.62. The van der Waals surface area contributed by atoms with Gasteiger partial charge in [0.1, 0.15) is 0 Å². The molecule has 0 aliphatic carbocycles. The van der Waals surface area contributed by atoms with Crippen LogP contribution in [0.15, 0.2) is 0 Å². The van der Waals surface area contributed by atoms with E-state index < -0.39 is 0 Å². The molecule has 0 rings (SSSR count). The van der Waals surface area contributed by atoms with Gasteiger partial charge in [-0.15, -0.1) is 0 Å². The summed E-state index contributed by atoms with van der Waals surface area (Å²) in [7, 11) is 0. The third kappa shape index (κ3) is 178. The van der Waals surface area contributed by atoms with E-state index in [9.17, 15) is 0 Å². The Bertz CT molecular complexity index is 10.4. The average Bonchev–Trinajstić information content (AvgIpc) is 0. The van der Waals surface area contributed by atoms with Crippen LogP contribution < -0.4 is 64.7 Å². The minimum absolute atomic E-state index is 0. The van der Waals surface area contributed by atoms with Crippen molar-refractivity contribution in [3.63, 3.8) is 0 Å². The molecule has 0 amide bonds. The van der Waals surface area contributed by atoms with E-state index in [2.05, 4.69) is 0 Å². The van der Waals surface area contributed by atoms with Crippen molar-refractivity contribution in [1.82, 2.24) is 30.8 Å². The van der Waals surface area contributed by atoms with Crippen molar-refractivity contribution < 1.29 is 50.7 Å². The van der Waals surface area contributed by atoms with Crippen LogP contribution in [0.2, 0.25) is 0 Å². The van der Waals surface area contributed by atoms with E-state index >= 15 is 0 Å². The Labute approximate surface area is 81.4 Å². The summed E-state index contributed by atoms with van der Waals surface area (Å²) < 4.78 is 0. The summed E-state index contributed by atoms with van der Waals surface area (Å²) in [6.07, 6.45) is 0. The summed E-state index contributed by atoms with van der Waals surface area (Å²) in [5, 5.41) is 0. The summed E-state index contributed by atoms with van der Waals surface area (Å²) >= 11 is 0. The Morgan fingerprint density at radius 2 is 0.375 bits per heavy atom. The van der Waals surface area contributed by atoms with E-state index in [1.165, 1.54) is 0 Å². The molecule has 0 fully saturated rings. The third-order valence-electron chi connectivity index (χ3n) is 0. The SMILES string of the molecule is N.N.N.N.N.[Br-].[Br-].[Co+2]. The molecule has 5 nitrogen and oxygen atoms in total. The fraction of sp³-hybridized carbons (Fsp3) is 0. The molecule has 0 heterocycles. The predicted molar refractivity (Wildman–Crippen MR) is 25.1 cm³/mol. The molecule has 0 aromatic heterocycles. The first-order valence-corrected chi connectivity index (χ1v) is 0. The van der Waals surface area contributed by atoms with Gasteiger partial charge in [-0.1, -0.05) is 0 Å². The van der Waals surface area contributed by atoms with Crippen molar-refractivity contribution in [3.8, 4) is 0 Å². The van der Waals surface area contributed by atoms with E-state index in [1.54, 1.807) is 0 Å². The second kappa shape index (κ2) is 272. The van der Waals surface area contributed by atoms with Crippen molar-refractivity contribution in [2.45, 2.75) is 0 Å². The Kier molecular flexibility index (Phi) is 13400. The molecular weight excluding hydrogens is 289 g/mol. The average molecular weight is 304 g/mol. The van der Waals surface area contributed by atoms with Gasteiger partial charge in [-0.2, -0.15) is 0 Å². The van der Waals surface area contributed by atoms with Gasteiger partial charge in [0.05, 0.1) is 0 Å². The van der Waals surface area contributed by atoms with Crippen molar-refractivity contribution in [2.24, 2.45) is 0 Å². The van der Waals surface area contributed by atoms with Gasteiger partial charge in [-0.25, -0.2) is 0 Å². The van der Waals surface area contributed by atoms with Crippen LogP contribution in [0.1, 0.15) is 0 Å². The second-order valence-corrected chi connectivity index (χ2v) is 0. The Morgan fingerprint density at radius 1 is 0.375 bits per heavy atom. The zero-order valence-corrected chi connectivity index (χ0v) is 8.84. The molecule has 0 aromatic rings. The maximum Gasteiger partial charge on any atom is 2.00 e. The number of hydrogen-bond acceptors (Lipinski definition) is 5. The molecular formula is H15Br2CoN5. The minimum atomic E-state index is 0. The van der Waals surface area contributed by atoms with Crippen LogP contribution in [-0.2, 0) is 16.8 Å². The fourth-order valence-corrected chi connectivity index (χ4v) is 0. The van der Waals surface area contributed by atoms with Crippen molar-refractivity contribution >= 4 is 0 Å². The summed E-state index contributed by atoms with van der Waals surface area (Å²) in [5.41, 5.74) is 0. The van der Waals surface area contributed by atoms with Crippen LogP contribution in [0.5, 0.6) is 0 Å². The molecule has 0 bridgehead atoms. The monoisotopic (exact) mass is 302 g/mol. The molecule has 0 aromatic carbocycles. The largest absolute Gasteiger partial charge is 2.00 e. The molecule has 0 saturated carbocycles. The zero-order chi connectivity index (χ0) is 0. The normalized spacial score (nSPS) is 0. The standard InChI is InChI=1S/2BrH.Co.5H3N/h2*1H;;5*1H3/q;;+2;;;;;/p-2. The van der Waals surface area contributed by atoms with Gasteiger partial charge in [-0.3, -0.25) is 0 Å². The van der Waals surface area contributed by atoms with Crippen molar-refractivity contribution in [1.29, 1.82) is 0 Å². The summed E-state index contributed by atoms with van der Waals surface area (Å²) in [5.74, 6) is 0. The molecule has 0 aliphatic rings. The molecule has 0 spiro atoms. The minimum Gasteiger partial charge on any atom is -1.00 e. The molecule has 0 saturated heterocycles. The first kappa shape index (κ1) is 395. The van der Waals surface area contributed by atoms with Gasteiger partial charge < -0.3 is 64.7 Å². The van der Waals surface area contributed by atoms with Gasteiger partial charge in [0, 0.05) is 0 Å². The van der Waals surface area contributed by atoms with Gasteiger partial charge in [0.15, 0.2) is 0 Å². The number of rotatable bonds is 0. The number of hydrogen-bond donors (Lipinski definition) is 5. The second-order valence-electron chi connectivity index (χ2n) is 0. The van der Waals surface area contributed by atoms with E-state index in [1.807, 2.05) is 0 Å². The molecule has 0 atom stereocenters. The van der Waals surface area contributed by atoms with E-state index in [0.717, 1.165) is 0 Å². The first-order valence-electron chi connectivity index (χ1n) is 0. The van der Waals surface area contributed by atoms with Gasteiger partial charge in [0.25, 0.3) is 0 Å². The predicted octanol–water partition coefficient (Wildman–Crippen LogP) is -5.18. The smallest absolute Gasteiger partial charge is 1.00 e. The molecule has 1 radical (unpaired) electrons. The van der Waals surface area contributed by atoms with Crippen molar-refractivity contribution in [3.05, 3.63) is 0 Å². The molecule has 8 heteroatoms. The molecule has 0 aliphatic heterocycles. The van der Waals surface area contributed by atoms with Gasteiger partial charge >= 0.3 is 16.8 Å². The topological polar surface area (TPSA) is 175 Å². The van der Waals surface area contributed by atoms with Crippen LogP contribution in [0.4, 0.5) is 0 Å². The van der Waals surface area contributed by atoms with E-state index in [0.29, 0.717) is 0 Å². The van der Waals surface area contributed by atoms with Crippen molar-refractivity contribution in [2.75, 3.05) is 0 Å². The molecule has 8 heavy (non-hydrogen) atoms. The van der Waals surface area contributed by atoms with Crippen LogP contribution >= 0.6 is 0 Å². The Balaban J connectivity index is 0. The van der Waals surface area contributed by atoms with E-state index in [-0.39, 0.29) is 81.5 Å². The van der Waals surface area contributed by atoms with Gasteiger partial charge in [0.2, 0.25) is 0 Å². The van der Waals surface area contributed by atoms with Crippen LogP contribution in [0.25, 0.3) is 0 Å². The fourth-order valence-electron chi connectivity index (χ4n) is 0. The first-order chi connectivity index (χ1) is 0. The molecule has 15 N–H and O–H groups in total. The summed E-state index contributed by atoms with van der Waals surface area (Å²) in [4.78, 5) is 0. The molecule has 63 valence electrons. The Morgan fingerprint density at radius 3 is 0.375 bits per heavy atom. The summed E-state index contributed by atoms with van der Waals surface area (Å²) in [6, 6.07) is 0. The quantitative estimate of drug-likeness (QED) is 0.300.